The molecular formula is C20H21N7OS. The van der Waals surface area contributed by atoms with E-state index in [1.165, 1.54) is 11.3 Å². The minimum absolute atomic E-state index is 0.0263. The standard InChI is InChI=1S/C20H21N7OS/c1-12-17(29-11-21-12)19(28)23-14-7-9-26(10-8-14)20-24-16-6-4-3-5-15(16)18-22-13(2)25-27(18)20/h3-6,11,14H,7-10H2,1-2H3,(H,23,28). The molecule has 1 aliphatic heterocycles. The van der Waals surface area contributed by atoms with Gasteiger partial charge in [-0.05, 0) is 38.8 Å². The lowest BCUT2D eigenvalue weighted by Gasteiger charge is -2.33. The van der Waals surface area contributed by atoms with Gasteiger partial charge < -0.3 is 10.2 Å². The Morgan fingerprint density at radius 2 is 1.97 bits per heavy atom. The maximum atomic E-state index is 12.5. The molecule has 0 spiro atoms. The fourth-order valence-electron chi connectivity index (χ4n) is 3.84. The number of nitrogens with one attached hydrogen (secondary N) is 1. The van der Waals surface area contributed by atoms with Gasteiger partial charge in [0.2, 0.25) is 5.95 Å². The van der Waals surface area contributed by atoms with Crippen molar-refractivity contribution in [3.05, 3.63) is 46.2 Å². The Kier molecular flexibility index (Phi) is 4.39. The van der Waals surface area contributed by atoms with Gasteiger partial charge in [0.05, 0.1) is 16.7 Å². The number of aryl methyl sites for hydroxylation is 2. The number of benzene rings is 1. The Labute approximate surface area is 171 Å². The molecule has 0 bridgehead atoms. The predicted octanol–water partition coefficient (Wildman–Crippen LogP) is 2.75. The minimum atomic E-state index is -0.0263. The van der Waals surface area contributed by atoms with Crippen LogP contribution in [0.15, 0.2) is 29.8 Å². The first-order chi connectivity index (χ1) is 14.1. The van der Waals surface area contributed by atoms with E-state index >= 15 is 0 Å². The van der Waals surface area contributed by atoms with Crippen molar-refractivity contribution < 1.29 is 4.79 Å². The quantitative estimate of drug-likeness (QED) is 0.562. The molecule has 0 atom stereocenters. The van der Waals surface area contributed by atoms with E-state index in [0.717, 1.165) is 59.9 Å². The number of carbonyl (C=O) groups is 1. The van der Waals surface area contributed by atoms with Crippen molar-refractivity contribution in [2.75, 3.05) is 18.0 Å². The highest BCUT2D eigenvalue weighted by atomic mass is 32.1. The molecule has 29 heavy (non-hydrogen) atoms. The van der Waals surface area contributed by atoms with Gasteiger partial charge in [0.15, 0.2) is 5.65 Å². The van der Waals surface area contributed by atoms with Crippen LogP contribution >= 0.6 is 11.3 Å². The maximum absolute atomic E-state index is 12.5. The molecule has 3 aromatic heterocycles. The number of hydrogen-bond donors (Lipinski definition) is 1. The summed E-state index contributed by atoms with van der Waals surface area (Å²) >= 11 is 1.39. The van der Waals surface area contributed by atoms with Gasteiger partial charge in [-0.1, -0.05) is 12.1 Å². The summed E-state index contributed by atoms with van der Waals surface area (Å²) in [5, 5.41) is 8.73. The molecule has 5 rings (SSSR count). The molecule has 1 aromatic carbocycles. The molecule has 1 fully saturated rings. The van der Waals surface area contributed by atoms with Crippen molar-refractivity contribution in [1.82, 2.24) is 29.9 Å². The van der Waals surface area contributed by atoms with Crippen LogP contribution in [0.5, 0.6) is 0 Å². The van der Waals surface area contributed by atoms with Gasteiger partial charge in [-0.15, -0.1) is 16.4 Å². The van der Waals surface area contributed by atoms with Gasteiger partial charge in [0, 0.05) is 24.5 Å². The number of rotatable bonds is 3. The molecule has 1 saturated heterocycles. The molecular weight excluding hydrogens is 386 g/mol. The lowest BCUT2D eigenvalue weighted by molar-refractivity contribution is 0.0934. The van der Waals surface area contributed by atoms with Crippen LogP contribution in [-0.4, -0.2) is 49.6 Å². The van der Waals surface area contributed by atoms with E-state index in [4.69, 9.17) is 4.98 Å². The molecule has 8 nitrogen and oxygen atoms in total. The average Bonchev–Trinajstić information content (AvgIpc) is 3.33. The van der Waals surface area contributed by atoms with E-state index in [9.17, 15) is 4.79 Å². The van der Waals surface area contributed by atoms with E-state index in [2.05, 4.69) is 25.3 Å². The van der Waals surface area contributed by atoms with Crippen molar-refractivity contribution in [1.29, 1.82) is 0 Å². The van der Waals surface area contributed by atoms with Crippen molar-refractivity contribution in [2.45, 2.75) is 32.7 Å². The first-order valence-electron chi connectivity index (χ1n) is 9.68. The second kappa shape index (κ2) is 7.07. The second-order valence-corrected chi connectivity index (χ2v) is 8.18. The largest absolute Gasteiger partial charge is 0.348 e. The van der Waals surface area contributed by atoms with Crippen LogP contribution in [0.3, 0.4) is 0 Å². The van der Waals surface area contributed by atoms with E-state index in [1.807, 2.05) is 42.6 Å². The van der Waals surface area contributed by atoms with Crippen LogP contribution in [0.25, 0.3) is 16.6 Å². The number of hydrogen-bond acceptors (Lipinski definition) is 7. The number of para-hydroxylation sites is 1. The number of thiazole rings is 1. The van der Waals surface area contributed by atoms with E-state index in [-0.39, 0.29) is 11.9 Å². The van der Waals surface area contributed by atoms with Crippen molar-refractivity contribution in [3.8, 4) is 0 Å². The topological polar surface area (TPSA) is 88.3 Å². The van der Waals surface area contributed by atoms with Crippen LogP contribution in [0.2, 0.25) is 0 Å². The minimum Gasteiger partial charge on any atom is -0.348 e. The summed E-state index contributed by atoms with van der Waals surface area (Å²) in [7, 11) is 0. The lowest BCUT2D eigenvalue weighted by atomic mass is 10.1. The molecule has 4 aromatic rings. The van der Waals surface area contributed by atoms with Gasteiger partial charge in [0.1, 0.15) is 10.7 Å². The van der Waals surface area contributed by atoms with Crippen LogP contribution in [0, 0.1) is 13.8 Å². The van der Waals surface area contributed by atoms with Gasteiger partial charge in [0.25, 0.3) is 5.91 Å². The zero-order chi connectivity index (χ0) is 20.0. The Morgan fingerprint density at radius 1 is 1.17 bits per heavy atom. The molecule has 1 N–H and O–H groups in total. The highest BCUT2D eigenvalue weighted by molar-refractivity contribution is 7.11. The summed E-state index contributed by atoms with van der Waals surface area (Å²) in [6.45, 7) is 5.36. The summed E-state index contributed by atoms with van der Waals surface area (Å²) in [5.74, 6) is 1.51. The second-order valence-electron chi connectivity index (χ2n) is 7.33. The molecule has 0 saturated carbocycles. The normalized spacial score (nSPS) is 15.3. The molecule has 1 amide bonds. The number of anilines is 1. The summed E-state index contributed by atoms with van der Waals surface area (Å²) < 4.78 is 1.84. The summed E-state index contributed by atoms with van der Waals surface area (Å²) in [6, 6.07) is 8.16. The highest BCUT2D eigenvalue weighted by Gasteiger charge is 2.25. The van der Waals surface area contributed by atoms with E-state index < -0.39 is 0 Å². The third kappa shape index (κ3) is 3.21. The number of aromatic nitrogens is 5. The monoisotopic (exact) mass is 407 g/mol. The van der Waals surface area contributed by atoms with Crippen LogP contribution in [0.4, 0.5) is 5.95 Å². The predicted molar refractivity (Wildman–Crippen MR) is 113 cm³/mol. The van der Waals surface area contributed by atoms with Crippen molar-refractivity contribution in [3.63, 3.8) is 0 Å². The van der Waals surface area contributed by atoms with Crippen molar-refractivity contribution in [2.24, 2.45) is 0 Å². The fourth-order valence-corrected chi connectivity index (χ4v) is 4.55. The van der Waals surface area contributed by atoms with Gasteiger partial charge >= 0.3 is 0 Å². The molecule has 0 aliphatic carbocycles. The molecule has 0 radical (unpaired) electrons. The fraction of sp³-hybridized carbons (Fsp3) is 0.350. The summed E-state index contributed by atoms with van der Waals surface area (Å²) in [6.07, 6.45) is 1.71. The zero-order valence-corrected chi connectivity index (χ0v) is 17.1. The first kappa shape index (κ1) is 18.0. The van der Waals surface area contributed by atoms with Crippen LogP contribution in [0.1, 0.15) is 34.0 Å². The molecule has 0 unspecified atom stereocenters. The van der Waals surface area contributed by atoms with Gasteiger partial charge in [-0.2, -0.15) is 4.52 Å². The van der Waals surface area contributed by atoms with E-state index in [0.29, 0.717) is 4.88 Å². The van der Waals surface area contributed by atoms with Gasteiger partial charge in [-0.25, -0.2) is 15.0 Å². The maximum Gasteiger partial charge on any atom is 0.263 e. The molecule has 148 valence electrons. The molecule has 1 aliphatic rings. The number of fused-ring (bicyclic) bond motifs is 3. The number of piperidine rings is 1. The third-order valence-corrected chi connectivity index (χ3v) is 6.26. The third-order valence-electron chi connectivity index (χ3n) is 5.33. The number of carbonyl (C=O) groups excluding carboxylic acids is 1. The van der Waals surface area contributed by atoms with Crippen molar-refractivity contribution >= 4 is 39.7 Å². The van der Waals surface area contributed by atoms with Crippen LogP contribution in [-0.2, 0) is 0 Å². The lowest BCUT2D eigenvalue weighted by Crippen LogP contribution is -2.45. The smallest absolute Gasteiger partial charge is 0.263 e. The SMILES string of the molecule is Cc1nc2c3ccccc3nc(N3CCC(NC(=O)c4scnc4C)CC3)n2n1. The highest BCUT2D eigenvalue weighted by Crippen LogP contribution is 2.25. The summed E-state index contributed by atoms with van der Waals surface area (Å²) in [5.41, 5.74) is 4.25. The number of nitrogens with zero attached hydrogens (tertiary/aromatic N) is 6. The first-order valence-corrected chi connectivity index (χ1v) is 10.6. The zero-order valence-electron chi connectivity index (χ0n) is 16.3. The Hall–Kier alpha value is -3.07. The molecule has 9 heteroatoms. The Morgan fingerprint density at radius 3 is 2.72 bits per heavy atom. The van der Waals surface area contributed by atoms with Crippen LogP contribution < -0.4 is 10.2 Å². The Bertz CT molecular complexity index is 1210. The average molecular weight is 408 g/mol. The summed E-state index contributed by atoms with van der Waals surface area (Å²) in [4.78, 5) is 29.1. The number of amides is 1. The Balaban J connectivity index is 1.37. The molecule has 4 heterocycles. The van der Waals surface area contributed by atoms with Gasteiger partial charge in [-0.3, -0.25) is 4.79 Å². The van der Waals surface area contributed by atoms with E-state index in [1.54, 1.807) is 5.51 Å².